The molecule has 0 radical (unpaired) electrons. The number of hydrogen-bond acceptors (Lipinski definition) is 2. The number of aromatic hydroxyl groups is 1. The van der Waals surface area contributed by atoms with E-state index in [-0.39, 0.29) is 16.8 Å². The molecule has 1 fully saturated rings. The highest BCUT2D eigenvalue weighted by Crippen LogP contribution is 2.44. The lowest BCUT2D eigenvalue weighted by atomic mass is 10.0. The van der Waals surface area contributed by atoms with Crippen molar-refractivity contribution < 1.29 is 5.11 Å². The van der Waals surface area contributed by atoms with Crippen LogP contribution in [0.1, 0.15) is 24.4 Å². The third-order valence-electron chi connectivity index (χ3n) is 2.59. The summed E-state index contributed by atoms with van der Waals surface area (Å²) in [5, 5.41) is 10.3. The average molecular weight is 232 g/mol. The first-order chi connectivity index (χ1) is 6.61. The smallest absolute Gasteiger partial charge is 0.140 e. The van der Waals surface area contributed by atoms with E-state index < -0.39 is 0 Å². The van der Waals surface area contributed by atoms with Gasteiger partial charge < -0.3 is 10.8 Å². The molecule has 76 valence electrons. The van der Waals surface area contributed by atoms with Crippen molar-refractivity contribution >= 4 is 23.2 Å². The largest absolute Gasteiger partial charge is 0.506 e. The topological polar surface area (TPSA) is 46.2 Å². The predicted molar refractivity (Wildman–Crippen MR) is 57.8 cm³/mol. The van der Waals surface area contributed by atoms with Gasteiger partial charge in [0.1, 0.15) is 10.8 Å². The second kappa shape index (κ2) is 3.61. The fraction of sp³-hybridized carbons (Fsp3) is 0.400. The van der Waals surface area contributed by atoms with Gasteiger partial charge in [-0.1, -0.05) is 29.3 Å². The summed E-state index contributed by atoms with van der Waals surface area (Å²) in [4.78, 5) is 0. The molecular formula is C10H11Cl2NO. The number of phenols is 1. The summed E-state index contributed by atoms with van der Waals surface area (Å²) in [5.74, 6) is 0.511. The third kappa shape index (κ3) is 1.70. The highest BCUT2D eigenvalue weighted by atomic mass is 35.5. The van der Waals surface area contributed by atoms with Crippen molar-refractivity contribution in [2.45, 2.75) is 18.9 Å². The Morgan fingerprint density at radius 2 is 2.00 bits per heavy atom. The summed E-state index contributed by atoms with van der Waals surface area (Å²) in [6, 6.07) is 3.29. The van der Waals surface area contributed by atoms with Crippen LogP contribution in [0.15, 0.2) is 12.1 Å². The van der Waals surface area contributed by atoms with Gasteiger partial charge in [-0.2, -0.15) is 0 Å². The van der Waals surface area contributed by atoms with Crippen LogP contribution in [0, 0.1) is 5.92 Å². The van der Waals surface area contributed by atoms with Gasteiger partial charge >= 0.3 is 0 Å². The number of halogens is 2. The maximum absolute atomic E-state index is 9.73. The molecule has 1 aliphatic carbocycles. The lowest BCUT2D eigenvalue weighted by Crippen LogP contribution is -2.12. The molecule has 1 aliphatic rings. The van der Waals surface area contributed by atoms with Crippen LogP contribution in [-0.2, 0) is 0 Å². The van der Waals surface area contributed by atoms with Crippen molar-refractivity contribution in [3.63, 3.8) is 0 Å². The SMILES string of the molecule is N[C@H](c1ccc(Cl)c(Cl)c1O)C1CC1. The van der Waals surface area contributed by atoms with E-state index in [1.165, 1.54) is 0 Å². The van der Waals surface area contributed by atoms with Crippen LogP contribution in [0.2, 0.25) is 10.0 Å². The molecule has 0 unspecified atom stereocenters. The standard InChI is InChI=1S/C10H11Cl2NO/c11-7-4-3-6(10(14)8(7)12)9(13)5-1-2-5/h3-5,9,14H,1-2,13H2/t9-/m0/s1. The van der Waals surface area contributed by atoms with Gasteiger partial charge in [-0.25, -0.2) is 0 Å². The zero-order valence-corrected chi connectivity index (χ0v) is 9.02. The minimum absolute atomic E-state index is 0.0265. The summed E-state index contributed by atoms with van der Waals surface area (Å²) in [7, 11) is 0. The molecule has 1 atom stereocenters. The van der Waals surface area contributed by atoms with Gasteiger partial charge in [-0.3, -0.25) is 0 Å². The summed E-state index contributed by atoms with van der Waals surface area (Å²) in [5.41, 5.74) is 6.65. The van der Waals surface area contributed by atoms with Crippen LogP contribution >= 0.6 is 23.2 Å². The molecule has 2 nitrogen and oxygen atoms in total. The van der Waals surface area contributed by atoms with E-state index in [9.17, 15) is 5.11 Å². The number of rotatable bonds is 2. The summed E-state index contributed by atoms with van der Waals surface area (Å²) >= 11 is 11.6. The minimum atomic E-state index is -0.121. The number of phenolic OH excluding ortho intramolecular Hbond substituents is 1. The molecule has 14 heavy (non-hydrogen) atoms. The van der Waals surface area contributed by atoms with Gasteiger partial charge in [0.25, 0.3) is 0 Å². The van der Waals surface area contributed by atoms with E-state index in [2.05, 4.69) is 0 Å². The summed E-state index contributed by atoms with van der Waals surface area (Å²) in [6.07, 6.45) is 2.25. The van der Waals surface area contributed by atoms with Crippen molar-refractivity contribution in [2.24, 2.45) is 11.7 Å². The second-order valence-corrected chi connectivity index (χ2v) is 4.45. The van der Waals surface area contributed by atoms with E-state index in [1.54, 1.807) is 12.1 Å². The van der Waals surface area contributed by atoms with E-state index in [4.69, 9.17) is 28.9 Å². The molecule has 1 aromatic rings. The Hall–Kier alpha value is -0.440. The lowest BCUT2D eigenvalue weighted by Gasteiger charge is -2.13. The molecule has 2 rings (SSSR count). The Bertz CT molecular complexity index is 363. The zero-order chi connectivity index (χ0) is 10.3. The van der Waals surface area contributed by atoms with Crippen LogP contribution in [-0.4, -0.2) is 5.11 Å². The molecular weight excluding hydrogens is 221 g/mol. The highest BCUT2D eigenvalue weighted by molar-refractivity contribution is 6.43. The number of hydrogen-bond donors (Lipinski definition) is 2. The fourth-order valence-corrected chi connectivity index (χ4v) is 1.86. The van der Waals surface area contributed by atoms with Gasteiger partial charge in [-0.05, 0) is 24.8 Å². The van der Waals surface area contributed by atoms with E-state index in [0.29, 0.717) is 16.5 Å². The van der Waals surface area contributed by atoms with Gasteiger partial charge in [-0.15, -0.1) is 0 Å². The maximum atomic E-state index is 9.73. The molecule has 0 bridgehead atoms. The highest BCUT2D eigenvalue weighted by Gasteiger charge is 2.31. The zero-order valence-electron chi connectivity index (χ0n) is 7.50. The van der Waals surface area contributed by atoms with Crippen molar-refractivity contribution in [3.8, 4) is 5.75 Å². The molecule has 1 saturated carbocycles. The Kier molecular flexibility index (Phi) is 2.60. The van der Waals surface area contributed by atoms with Gasteiger partial charge in [0.2, 0.25) is 0 Å². The van der Waals surface area contributed by atoms with Gasteiger partial charge in [0.15, 0.2) is 0 Å². The van der Waals surface area contributed by atoms with Crippen LogP contribution in [0.4, 0.5) is 0 Å². The predicted octanol–water partition coefficient (Wildman–Crippen LogP) is 3.11. The molecule has 1 aromatic carbocycles. The van der Waals surface area contributed by atoms with Crippen molar-refractivity contribution in [1.82, 2.24) is 0 Å². The summed E-state index contributed by atoms with van der Waals surface area (Å²) < 4.78 is 0. The fourth-order valence-electron chi connectivity index (χ4n) is 1.53. The minimum Gasteiger partial charge on any atom is -0.506 e. The normalized spacial score (nSPS) is 18.2. The molecule has 0 saturated heterocycles. The Morgan fingerprint density at radius 1 is 1.36 bits per heavy atom. The second-order valence-electron chi connectivity index (χ2n) is 3.66. The van der Waals surface area contributed by atoms with E-state index >= 15 is 0 Å². The average Bonchev–Trinajstić information content (AvgIpc) is 2.97. The Morgan fingerprint density at radius 3 is 2.57 bits per heavy atom. The summed E-state index contributed by atoms with van der Waals surface area (Å²) in [6.45, 7) is 0. The molecule has 0 aliphatic heterocycles. The number of nitrogens with two attached hydrogens (primary N) is 1. The van der Waals surface area contributed by atoms with Crippen molar-refractivity contribution in [3.05, 3.63) is 27.7 Å². The monoisotopic (exact) mass is 231 g/mol. The van der Waals surface area contributed by atoms with Gasteiger partial charge in [0.05, 0.1) is 5.02 Å². The molecule has 0 spiro atoms. The number of benzene rings is 1. The van der Waals surface area contributed by atoms with Crippen molar-refractivity contribution in [2.75, 3.05) is 0 Å². The van der Waals surface area contributed by atoms with E-state index in [0.717, 1.165) is 12.8 Å². The Balaban J connectivity index is 2.38. The van der Waals surface area contributed by atoms with E-state index in [1.807, 2.05) is 0 Å². The van der Waals surface area contributed by atoms with Crippen LogP contribution in [0.3, 0.4) is 0 Å². The first-order valence-electron chi connectivity index (χ1n) is 4.53. The quantitative estimate of drug-likeness (QED) is 0.822. The Labute approximate surface area is 92.6 Å². The molecule has 0 heterocycles. The first kappa shape index (κ1) is 10.1. The van der Waals surface area contributed by atoms with Gasteiger partial charge in [0, 0.05) is 11.6 Å². The molecule has 0 amide bonds. The molecule has 3 N–H and O–H groups in total. The lowest BCUT2D eigenvalue weighted by molar-refractivity contribution is 0.456. The molecule has 0 aromatic heterocycles. The van der Waals surface area contributed by atoms with Crippen molar-refractivity contribution in [1.29, 1.82) is 0 Å². The van der Waals surface area contributed by atoms with Crippen LogP contribution in [0.25, 0.3) is 0 Å². The maximum Gasteiger partial charge on any atom is 0.140 e. The third-order valence-corrected chi connectivity index (χ3v) is 3.38. The van der Waals surface area contributed by atoms with Crippen LogP contribution < -0.4 is 5.73 Å². The van der Waals surface area contributed by atoms with Crippen LogP contribution in [0.5, 0.6) is 5.75 Å². The first-order valence-corrected chi connectivity index (χ1v) is 5.29. The molecule has 4 heteroatoms.